The van der Waals surface area contributed by atoms with Crippen molar-refractivity contribution in [2.24, 2.45) is 11.7 Å². The Kier molecular flexibility index (Phi) is 5.40. The molecule has 2 rings (SSSR count). The van der Waals surface area contributed by atoms with Crippen LogP contribution in [0.15, 0.2) is 24.3 Å². The monoisotopic (exact) mass is 296 g/mol. The Morgan fingerprint density at radius 3 is 3.10 bits per heavy atom. The van der Waals surface area contributed by atoms with Gasteiger partial charge in [0.1, 0.15) is 6.04 Å². The van der Waals surface area contributed by atoms with Gasteiger partial charge in [-0.25, -0.2) is 0 Å². The molecular weight excluding hydrogens is 276 g/mol. The Labute approximate surface area is 124 Å². The maximum Gasteiger partial charge on any atom is 0.322 e. The van der Waals surface area contributed by atoms with E-state index < -0.39 is 6.04 Å². The summed E-state index contributed by atoms with van der Waals surface area (Å²) in [6, 6.07) is 7.35. The predicted octanol–water partition coefficient (Wildman–Crippen LogP) is 2.05. The van der Waals surface area contributed by atoms with Gasteiger partial charge in [-0.15, -0.1) is 0 Å². The molecule has 1 fully saturated rings. The number of carbonyl (C=O) groups is 1. The van der Waals surface area contributed by atoms with E-state index in [-0.39, 0.29) is 11.9 Å². The standard InChI is InChI=1S/C15H21ClN2O2/c1-20-15(19)14(17)12-5-3-7-18(10-12)9-11-4-2-6-13(16)8-11/h2,4,6,8,12,14H,3,5,7,9-10,17H2,1H3. The number of nitrogens with zero attached hydrogens (tertiary/aromatic N) is 1. The highest BCUT2D eigenvalue weighted by atomic mass is 35.5. The number of piperidine rings is 1. The SMILES string of the molecule is COC(=O)C(N)C1CCCN(Cc2cccc(Cl)c2)C1. The Morgan fingerprint density at radius 2 is 2.40 bits per heavy atom. The quantitative estimate of drug-likeness (QED) is 0.864. The van der Waals surface area contributed by atoms with Gasteiger partial charge < -0.3 is 10.5 Å². The molecule has 2 atom stereocenters. The fraction of sp³-hybridized carbons (Fsp3) is 0.533. The molecule has 20 heavy (non-hydrogen) atoms. The van der Waals surface area contributed by atoms with Crippen LogP contribution in [0.1, 0.15) is 18.4 Å². The summed E-state index contributed by atoms with van der Waals surface area (Å²) in [5.41, 5.74) is 7.14. The zero-order valence-corrected chi connectivity index (χ0v) is 12.5. The minimum Gasteiger partial charge on any atom is -0.468 e. The second kappa shape index (κ2) is 7.07. The molecule has 0 spiro atoms. The van der Waals surface area contributed by atoms with Crippen molar-refractivity contribution in [1.29, 1.82) is 0 Å². The number of benzene rings is 1. The van der Waals surface area contributed by atoms with Crippen LogP contribution in [0.3, 0.4) is 0 Å². The van der Waals surface area contributed by atoms with Crippen molar-refractivity contribution in [3.63, 3.8) is 0 Å². The number of hydrogen-bond acceptors (Lipinski definition) is 4. The van der Waals surface area contributed by atoms with Crippen molar-refractivity contribution in [2.45, 2.75) is 25.4 Å². The van der Waals surface area contributed by atoms with E-state index in [1.807, 2.05) is 18.2 Å². The summed E-state index contributed by atoms with van der Waals surface area (Å²) < 4.78 is 4.73. The Hall–Kier alpha value is -1.10. The van der Waals surface area contributed by atoms with Crippen LogP contribution in [0, 0.1) is 5.92 Å². The molecular formula is C15H21ClN2O2. The van der Waals surface area contributed by atoms with E-state index in [9.17, 15) is 4.79 Å². The summed E-state index contributed by atoms with van der Waals surface area (Å²) in [5, 5.41) is 0.752. The highest BCUT2D eigenvalue weighted by Crippen LogP contribution is 2.22. The van der Waals surface area contributed by atoms with Crippen LogP contribution in [0.25, 0.3) is 0 Å². The molecule has 110 valence electrons. The average Bonchev–Trinajstić information content (AvgIpc) is 2.46. The summed E-state index contributed by atoms with van der Waals surface area (Å²) in [5.74, 6) is -0.157. The van der Waals surface area contributed by atoms with Crippen molar-refractivity contribution in [3.05, 3.63) is 34.9 Å². The molecule has 0 radical (unpaired) electrons. The number of nitrogens with two attached hydrogens (primary N) is 1. The smallest absolute Gasteiger partial charge is 0.322 e. The molecule has 1 aromatic carbocycles. The van der Waals surface area contributed by atoms with Gasteiger partial charge in [-0.3, -0.25) is 9.69 Å². The van der Waals surface area contributed by atoms with Gasteiger partial charge in [0, 0.05) is 18.1 Å². The lowest BCUT2D eigenvalue weighted by atomic mass is 9.91. The second-order valence-electron chi connectivity index (χ2n) is 5.32. The minimum atomic E-state index is -0.526. The van der Waals surface area contributed by atoms with Crippen LogP contribution in [0.2, 0.25) is 5.02 Å². The summed E-state index contributed by atoms with van der Waals surface area (Å²) in [6.07, 6.45) is 2.03. The zero-order valence-electron chi connectivity index (χ0n) is 11.7. The normalized spacial score (nSPS) is 21.4. The van der Waals surface area contributed by atoms with E-state index in [4.69, 9.17) is 22.1 Å². The van der Waals surface area contributed by atoms with Crippen LogP contribution in [-0.4, -0.2) is 37.1 Å². The topological polar surface area (TPSA) is 55.6 Å². The molecule has 1 aliphatic rings. The first kappa shape index (κ1) is 15.3. The lowest BCUT2D eigenvalue weighted by molar-refractivity contribution is -0.144. The van der Waals surface area contributed by atoms with Gasteiger partial charge in [0.15, 0.2) is 0 Å². The molecule has 4 nitrogen and oxygen atoms in total. The van der Waals surface area contributed by atoms with Crippen molar-refractivity contribution >= 4 is 17.6 Å². The molecule has 0 amide bonds. The molecule has 2 N–H and O–H groups in total. The summed E-state index contributed by atoms with van der Waals surface area (Å²) >= 11 is 6.00. The number of rotatable bonds is 4. The third kappa shape index (κ3) is 3.95. The van der Waals surface area contributed by atoms with Crippen LogP contribution in [0.5, 0.6) is 0 Å². The molecule has 1 heterocycles. The second-order valence-corrected chi connectivity index (χ2v) is 5.75. The Morgan fingerprint density at radius 1 is 1.60 bits per heavy atom. The maximum absolute atomic E-state index is 11.5. The van der Waals surface area contributed by atoms with Gasteiger partial charge in [0.05, 0.1) is 7.11 Å². The molecule has 1 aliphatic heterocycles. The Balaban J connectivity index is 1.95. The largest absolute Gasteiger partial charge is 0.468 e. The van der Waals surface area contributed by atoms with E-state index in [0.29, 0.717) is 0 Å². The van der Waals surface area contributed by atoms with Gasteiger partial charge >= 0.3 is 5.97 Å². The van der Waals surface area contributed by atoms with Crippen molar-refractivity contribution in [1.82, 2.24) is 4.90 Å². The van der Waals surface area contributed by atoms with E-state index in [0.717, 1.165) is 37.5 Å². The van der Waals surface area contributed by atoms with Crippen LogP contribution < -0.4 is 5.73 Å². The molecule has 0 aromatic heterocycles. The molecule has 1 saturated heterocycles. The summed E-state index contributed by atoms with van der Waals surface area (Å²) in [6.45, 7) is 2.69. The average molecular weight is 297 g/mol. The van der Waals surface area contributed by atoms with Gasteiger partial charge in [0.25, 0.3) is 0 Å². The number of methoxy groups -OCH3 is 1. The third-order valence-corrected chi connectivity index (χ3v) is 4.05. The van der Waals surface area contributed by atoms with Crippen molar-refractivity contribution in [2.75, 3.05) is 20.2 Å². The summed E-state index contributed by atoms with van der Waals surface area (Å²) in [4.78, 5) is 13.9. The fourth-order valence-electron chi connectivity index (χ4n) is 2.75. The number of halogens is 1. The van der Waals surface area contributed by atoms with E-state index >= 15 is 0 Å². The van der Waals surface area contributed by atoms with E-state index in [1.165, 1.54) is 12.7 Å². The Bertz CT molecular complexity index is 467. The fourth-order valence-corrected chi connectivity index (χ4v) is 2.96. The number of likely N-dealkylation sites (tertiary alicyclic amines) is 1. The highest BCUT2D eigenvalue weighted by molar-refractivity contribution is 6.30. The number of esters is 1. The molecule has 0 saturated carbocycles. The first-order chi connectivity index (χ1) is 9.60. The summed E-state index contributed by atoms with van der Waals surface area (Å²) in [7, 11) is 1.38. The molecule has 1 aromatic rings. The van der Waals surface area contributed by atoms with Crippen LogP contribution >= 0.6 is 11.6 Å². The van der Waals surface area contributed by atoms with E-state index in [2.05, 4.69) is 11.0 Å². The molecule has 5 heteroatoms. The predicted molar refractivity (Wildman–Crippen MR) is 79.4 cm³/mol. The first-order valence-corrected chi connectivity index (χ1v) is 7.28. The molecule has 2 unspecified atom stereocenters. The molecule has 0 aliphatic carbocycles. The first-order valence-electron chi connectivity index (χ1n) is 6.90. The highest BCUT2D eigenvalue weighted by Gasteiger charge is 2.29. The number of ether oxygens (including phenoxy) is 1. The van der Waals surface area contributed by atoms with Crippen molar-refractivity contribution in [3.8, 4) is 0 Å². The zero-order chi connectivity index (χ0) is 14.5. The lowest BCUT2D eigenvalue weighted by Gasteiger charge is -2.34. The van der Waals surface area contributed by atoms with Gasteiger partial charge in [-0.05, 0) is 43.0 Å². The van der Waals surface area contributed by atoms with Crippen LogP contribution in [-0.2, 0) is 16.1 Å². The van der Waals surface area contributed by atoms with Crippen LogP contribution in [0.4, 0.5) is 0 Å². The van der Waals surface area contributed by atoms with Gasteiger partial charge in [-0.2, -0.15) is 0 Å². The van der Waals surface area contributed by atoms with E-state index in [1.54, 1.807) is 0 Å². The maximum atomic E-state index is 11.5. The number of hydrogen-bond donors (Lipinski definition) is 1. The lowest BCUT2D eigenvalue weighted by Crippen LogP contribution is -2.47. The third-order valence-electron chi connectivity index (χ3n) is 3.82. The number of carbonyl (C=O) groups excluding carboxylic acids is 1. The van der Waals surface area contributed by atoms with Gasteiger partial charge in [0.2, 0.25) is 0 Å². The van der Waals surface area contributed by atoms with Crippen molar-refractivity contribution < 1.29 is 9.53 Å². The molecule has 0 bridgehead atoms. The minimum absolute atomic E-state index is 0.162. The van der Waals surface area contributed by atoms with Gasteiger partial charge in [-0.1, -0.05) is 23.7 Å².